The Labute approximate surface area is 125 Å². The first kappa shape index (κ1) is 15.2. The number of hydrogen-bond acceptors (Lipinski definition) is 4. The Morgan fingerprint density at radius 2 is 1.95 bits per heavy atom. The molecule has 1 fully saturated rings. The highest BCUT2D eigenvalue weighted by atomic mass is 35.5. The van der Waals surface area contributed by atoms with E-state index in [0.29, 0.717) is 6.54 Å². The van der Waals surface area contributed by atoms with E-state index in [-0.39, 0.29) is 34.6 Å². The highest BCUT2D eigenvalue weighted by molar-refractivity contribution is 6.32. The SMILES string of the molecule is O=C(NCCNC(=O)C1CC1)c1ccc(Cl)c([N+](=O)[O-])c1. The highest BCUT2D eigenvalue weighted by Gasteiger charge is 2.29. The standard InChI is InChI=1S/C13H14ClN3O4/c14-10-4-3-9(7-11(10)17(20)21)13(19)16-6-5-15-12(18)8-1-2-8/h3-4,7-8H,1-2,5-6H2,(H,15,18)(H,16,19). The topological polar surface area (TPSA) is 101 Å². The van der Waals surface area contributed by atoms with E-state index in [1.807, 2.05) is 0 Å². The van der Waals surface area contributed by atoms with Crippen LogP contribution in [0.2, 0.25) is 5.02 Å². The lowest BCUT2D eigenvalue weighted by Gasteiger charge is -2.07. The van der Waals surface area contributed by atoms with Crippen LogP contribution in [0.25, 0.3) is 0 Å². The predicted octanol–water partition coefficient (Wildman–Crippen LogP) is 1.50. The number of nitrogens with zero attached hydrogens (tertiary/aromatic N) is 1. The number of carbonyl (C=O) groups excluding carboxylic acids is 2. The molecule has 8 heteroatoms. The number of carbonyl (C=O) groups is 2. The molecule has 1 aliphatic rings. The van der Waals surface area contributed by atoms with Gasteiger partial charge in [-0.15, -0.1) is 0 Å². The van der Waals surface area contributed by atoms with Gasteiger partial charge in [0.25, 0.3) is 11.6 Å². The largest absolute Gasteiger partial charge is 0.354 e. The van der Waals surface area contributed by atoms with Crippen LogP contribution in [-0.4, -0.2) is 29.8 Å². The first-order chi connectivity index (χ1) is 9.99. The third-order valence-electron chi connectivity index (χ3n) is 3.06. The van der Waals surface area contributed by atoms with Crippen molar-refractivity contribution in [2.24, 2.45) is 5.92 Å². The summed E-state index contributed by atoms with van der Waals surface area (Å²) in [6, 6.07) is 3.84. The molecule has 2 rings (SSSR count). The number of nitro groups is 1. The maximum absolute atomic E-state index is 11.8. The molecule has 1 aromatic rings. The quantitative estimate of drug-likeness (QED) is 0.472. The highest BCUT2D eigenvalue weighted by Crippen LogP contribution is 2.28. The zero-order valence-electron chi connectivity index (χ0n) is 11.1. The van der Waals surface area contributed by atoms with Crippen molar-refractivity contribution in [1.82, 2.24) is 10.6 Å². The lowest BCUT2D eigenvalue weighted by atomic mass is 10.2. The molecule has 7 nitrogen and oxygen atoms in total. The second-order valence-corrected chi connectivity index (χ2v) is 5.15. The normalized spacial score (nSPS) is 13.6. The van der Waals surface area contributed by atoms with E-state index in [4.69, 9.17) is 11.6 Å². The summed E-state index contributed by atoms with van der Waals surface area (Å²) in [6.45, 7) is 0.588. The Morgan fingerprint density at radius 3 is 2.57 bits per heavy atom. The van der Waals surface area contributed by atoms with Crippen LogP contribution in [0.4, 0.5) is 5.69 Å². The molecule has 2 amide bonds. The maximum Gasteiger partial charge on any atom is 0.288 e. The molecule has 0 heterocycles. The smallest absolute Gasteiger partial charge is 0.288 e. The van der Waals surface area contributed by atoms with Crippen molar-refractivity contribution in [1.29, 1.82) is 0 Å². The van der Waals surface area contributed by atoms with Crippen molar-refractivity contribution < 1.29 is 14.5 Å². The first-order valence-corrected chi connectivity index (χ1v) is 6.86. The van der Waals surface area contributed by atoms with Crippen LogP contribution in [0.5, 0.6) is 0 Å². The average molecular weight is 312 g/mol. The summed E-state index contributed by atoms with van der Waals surface area (Å²) in [5, 5.41) is 16.0. The molecular weight excluding hydrogens is 298 g/mol. The summed E-state index contributed by atoms with van der Waals surface area (Å²) in [5.41, 5.74) is -0.161. The summed E-state index contributed by atoms with van der Waals surface area (Å²) in [5.74, 6) is -0.318. The molecule has 1 saturated carbocycles. The van der Waals surface area contributed by atoms with Crippen LogP contribution in [0.15, 0.2) is 18.2 Å². The van der Waals surface area contributed by atoms with Crippen LogP contribution in [-0.2, 0) is 4.79 Å². The molecule has 0 aliphatic heterocycles. The predicted molar refractivity (Wildman–Crippen MR) is 76.2 cm³/mol. The molecule has 112 valence electrons. The fourth-order valence-corrected chi connectivity index (χ4v) is 1.93. The number of benzene rings is 1. The molecule has 1 aliphatic carbocycles. The van der Waals surface area contributed by atoms with Gasteiger partial charge in [0.15, 0.2) is 0 Å². The summed E-state index contributed by atoms with van der Waals surface area (Å²) in [7, 11) is 0. The van der Waals surface area contributed by atoms with E-state index >= 15 is 0 Å². The maximum atomic E-state index is 11.8. The Balaban J connectivity index is 1.83. The fourth-order valence-electron chi connectivity index (χ4n) is 1.75. The lowest BCUT2D eigenvalue weighted by molar-refractivity contribution is -0.384. The van der Waals surface area contributed by atoms with Gasteiger partial charge in [-0.25, -0.2) is 0 Å². The minimum absolute atomic E-state index is 0.00591. The molecule has 2 N–H and O–H groups in total. The van der Waals surface area contributed by atoms with Gasteiger partial charge in [0.05, 0.1) is 4.92 Å². The number of amides is 2. The Morgan fingerprint density at radius 1 is 1.29 bits per heavy atom. The van der Waals surface area contributed by atoms with Crippen LogP contribution < -0.4 is 10.6 Å². The van der Waals surface area contributed by atoms with Gasteiger partial charge in [-0.2, -0.15) is 0 Å². The summed E-state index contributed by atoms with van der Waals surface area (Å²) in [6.07, 6.45) is 1.85. The van der Waals surface area contributed by atoms with E-state index in [0.717, 1.165) is 18.9 Å². The number of halogens is 1. The molecule has 0 aromatic heterocycles. The van der Waals surface area contributed by atoms with Crippen molar-refractivity contribution in [2.75, 3.05) is 13.1 Å². The van der Waals surface area contributed by atoms with Gasteiger partial charge in [-0.1, -0.05) is 11.6 Å². The van der Waals surface area contributed by atoms with E-state index in [1.54, 1.807) is 0 Å². The van der Waals surface area contributed by atoms with E-state index in [2.05, 4.69) is 10.6 Å². The molecule has 0 unspecified atom stereocenters. The van der Waals surface area contributed by atoms with Crippen LogP contribution in [0, 0.1) is 16.0 Å². The zero-order valence-corrected chi connectivity index (χ0v) is 11.9. The zero-order chi connectivity index (χ0) is 15.4. The van der Waals surface area contributed by atoms with Crippen molar-refractivity contribution in [2.45, 2.75) is 12.8 Å². The molecule has 0 saturated heterocycles. The second-order valence-electron chi connectivity index (χ2n) is 4.74. The summed E-state index contributed by atoms with van der Waals surface area (Å²) in [4.78, 5) is 33.3. The average Bonchev–Trinajstić information content (AvgIpc) is 3.27. The van der Waals surface area contributed by atoms with Gasteiger partial charge >= 0.3 is 0 Å². The molecule has 0 spiro atoms. The minimum atomic E-state index is -0.644. The molecule has 0 atom stereocenters. The summed E-state index contributed by atoms with van der Waals surface area (Å²) < 4.78 is 0. The van der Waals surface area contributed by atoms with Crippen LogP contribution >= 0.6 is 11.6 Å². The van der Waals surface area contributed by atoms with Crippen LogP contribution in [0.1, 0.15) is 23.2 Å². The van der Waals surface area contributed by atoms with Crippen molar-refractivity contribution in [3.8, 4) is 0 Å². The molecule has 0 bridgehead atoms. The van der Waals surface area contributed by atoms with Gasteiger partial charge in [-0.05, 0) is 25.0 Å². The Bertz CT molecular complexity index is 587. The monoisotopic (exact) mass is 311 g/mol. The third-order valence-corrected chi connectivity index (χ3v) is 3.38. The number of nitrogens with one attached hydrogen (secondary N) is 2. The first-order valence-electron chi connectivity index (χ1n) is 6.49. The van der Waals surface area contributed by atoms with Gasteiger partial charge in [0.1, 0.15) is 5.02 Å². The van der Waals surface area contributed by atoms with E-state index < -0.39 is 10.8 Å². The van der Waals surface area contributed by atoms with E-state index in [9.17, 15) is 19.7 Å². The lowest BCUT2D eigenvalue weighted by Crippen LogP contribution is -2.35. The van der Waals surface area contributed by atoms with Gasteiger partial charge in [-0.3, -0.25) is 19.7 Å². The molecule has 1 aromatic carbocycles. The molecule has 0 radical (unpaired) electrons. The Hall–Kier alpha value is -2.15. The van der Waals surface area contributed by atoms with Crippen molar-refractivity contribution >= 4 is 29.1 Å². The number of nitro benzene ring substituents is 1. The van der Waals surface area contributed by atoms with Crippen molar-refractivity contribution in [3.63, 3.8) is 0 Å². The Kier molecular flexibility index (Phi) is 4.74. The van der Waals surface area contributed by atoms with Gasteiger partial charge in [0.2, 0.25) is 5.91 Å². The fraction of sp³-hybridized carbons (Fsp3) is 0.385. The molecular formula is C13H14ClN3O4. The van der Waals surface area contributed by atoms with E-state index in [1.165, 1.54) is 12.1 Å². The number of hydrogen-bond donors (Lipinski definition) is 2. The van der Waals surface area contributed by atoms with Gasteiger partial charge in [0, 0.05) is 30.6 Å². The third kappa shape index (κ3) is 4.16. The van der Waals surface area contributed by atoms with Crippen LogP contribution in [0.3, 0.4) is 0 Å². The second kappa shape index (κ2) is 6.53. The molecule has 21 heavy (non-hydrogen) atoms. The number of rotatable bonds is 6. The minimum Gasteiger partial charge on any atom is -0.354 e. The summed E-state index contributed by atoms with van der Waals surface area (Å²) >= 11 is 5.67. The van der Waals surface area contributed by atoms with Crippen molar-refractivity contribution in [3.05, 3.63) is 38.9 Å². The van der Waals surface area contributed by atoms with Gasteiger partial charge < -0.3 is 10.6 Å².